The van der Waals surface area contributed by atoms with Crippen molar-refractivity contribution >= 4 is 29.0 Å². The van der Waals surface area contributed by atoms with Crippen LogP contribution in [0, 0.1) is 10.8 Å². The molecule has 0 bridgehead atoms. The first-order valence-corrected chi connectivity index (χ1v) is 8.66. The minimum Gasteiger partial charge on any atom is -0.398 e. The number of hydrogen-bond donors (Lipinski definition) is 4. The Morgan fingerprint density at radius 1 is 1.26 bits per heavy atom. The van der Waals surface area contributed by atoms with Gasteiger partial charge in [-0.2, -0.15) is 0 Å². The van der Waals surface area contributed by atoms with Gasteiger partial charge in [-0.1, -0.05) is 6.07 Å². The van der Waals surface area contributed by atoms with Crippen molar-refractivity contribution < 1.29 is 4.74 Å². The number of benzene rings is 1. The van der Waals surface area contributed by atoms with Gasteiger partial charge in [0, 0.05) is 55.4 Å². The van der Waals surface area contributed by atoms with Crippen molar-refractivity contribution in [1.82, 2.24) is 15.3 Å². The van der Waals surface area contributed by atoms with Gasteiger partial charge >= 0.3 is 0 Å². The predicted molar refractivity (Wildman–Crippen MR) is 108 cm³/mol. The highest BCUT2D eigenvalue weighted by molar-refractivity contribution is 6.15. The minimum absolute atomic E-state index is 0.222. The maximum atomic E-state index is 8.61. The molecule has 5 N–H and O–H groups in total. The highest BCUT2D eigenvalue weighted by Gasteiger charge is 2.16. The fraction of sp³-hybridized carbons (Fsp3) is 0.263. The van der Waals surface area contributed by atoms with E-state index in [0.29, 0.717) is 35.7 Å². The molecule has 140 valence electrons. The Morgan fingerprint density at radius 2 is 2.04 bits per heavy atom. The molecule has 8 nitrogen and oxygen atoms in total. The molecule has 8 heteroatoms. The fourth-order valence-electron chi connectivity index (χ4n) is 2.90. The first-order chi connectivity index (χ1) is 13.1. The van der Waals surface area contributed by atoms with Crippen LogP contribution in [0.2, 0.25) is 0 Å². The molecule has 3 rings (SSSR count). The van der Waals surface area contributed by atoms with E-state index in [-0.39, 0.29) is 5.71 Å². The minimum atomic E-state index is 0.222. The zero-order valence-corrected chi connectivity index (χ0v) is 15.2. The lowest BCUT2D eigenvalue weighted by atomic mass is 9.98. The Bertz CT molecular complexity index is 872. The molecule has 1 aromatic carbocycles. The summed E-state index contributed by atoms with van der Waals surface area (Å²) in [6.07, 6.45) is 4.46. The molecule has 0 unspecified atom stereocenters. The number of rotatable bonds is 6. The molecular formula is C19H23N7O. The molecule has 0 radical (unpaired) electrons. The van der Waals surface area contributed by atoms with Gasteiger partial charge in [-0.25, -0.2) is 9.97 Å². The Morgan fingerprint density at radius 3 is 2.74 bits per heavy atom. The van der Waals surface area contributed by atoms with E-state index in [9.17, 15) is 0 Å². The number of ether oxygens (including phenoxy) is 1. The highest BCUT2D eigenvalue weighted by Crippen LogP contribution is 2.23. The van der Waals surface area contributed by atoms with Crippen LogP contribution in [-0.2, 0) is 4.74 Å². The van der Waals surface area contributed by atoms with Crippen molar-refractivity contribution in [2.75, 3.05) is 44.0 Å². The zero-order chi connectivity index (χ0) is 19.2. The molecular weight excluding hydrogens is 342 g/mol. The van der Waals surface area contributed by atoms with Gasteiger partial charge in [-0.15, -0.1) is 0 Å². The third kappa shape index (κ3) is 4.12. The first-order valence-electron chi connectivity index (χ1n) is 8.66. The quantitative estimate of drug-likeness (QED) is 0.454. The number of anilines is 2. The van der Waals surface area contributed by atoms with Crippen LogP contribution < -0.4 is 16.0 Å². The second-order valence-electron chi connectivity index (χ2n) is 6.07. The number of aromatic nitrogens is 2. The average Bonchev–Trinajstić information content (AvgIpc) is 2.73. The Labute approximate surface area is 158 Å². The van der Waals surface area contributed by atoms with Crippen LogP contribution in [0.4, 0.5) is 11.5 Å². The Hall–Kier alpha value is -3.26. The lowest BCUT2D eigenvalue weighted by molar-refractivity contribution is 0.122. The second kappa shape index (κ2) is 8.41. The number of nitrogens with zero attached hydrogens (tertiary/aromatic N) is 3. The number of nitrogen functional groups attached to an aromatic ring is 1. The van der Waals surface area contributed by atoms with E-state index in [2.05, 4.69) is 20.2 Å². The molecule has 1 fully saturated rings. The molecule has 0 atom stereocenters. The van der Waals surface area contributed by atoms with E-state index >= 15 is 0 Å². The molecule has 27 heavy (non-hydrogen) atoms. The summed E-state index contributed by atoms with van der Waals surface area (Å²) in [5.74, 6) is 0.776. The predicted octanol–water partition coefficient (Wildman–Crippen LogP) is 1.52. The summed E-state index contributed by atoms with van der Waals surface area (Å²) in [6, 6.07) is 7.19. The zero-order valence-electron chi connectivity index (χ0n) is 15.2. The summed E-state index contributed by atoms with van der Waals surface area (Å²) < 4.78 is 5.38. The van der Waals surface area contributed by atoms with Gasteiger partial charge in [0.05, 0.1) is 24.6 Å². The lowest BCUT2D eigenvalue weighted by Gasteiger charge is -2.27. The number of hydrogen-bond acceptors (Lipinski definition) is 8. The third-order valence-electron chi connectivity index (χ3n) is 4.36. The lowest BCUT2D eigenvalue weighted by Crippen LogP contribution is -2.36. The van der Waals surface area contributed by atoms with Crippen molar-refractivity contribution in [2.24, 2.45) is 0 Å². The van der Waals surface area contributed by atoms with Gasteiger partial charge in [0.25, 0.3) is 0 Å². The topological polar surface area (TPSA) is 124 Å². The Kier molecular flexibility index (Phi) is 5.77. The van der Waals surface area contributed by atoms with Crippen LogP contribution in [0.25, 0.3) is 5.57 Å². The summed E-state index contributed by atoms with van der Waals surface area (Å²) in [5, 5.41) is 19.1. The maximum Gasteiger partial charge on any atom is 0.132 e. The van der Waals surface area contributed by atoms with E-state index in [1.54, 1.807) is 25.4 Å². The number of nitrogens with two attached hydrogens (primary N) is 1. The molecule has 0 spiro atoms. The van der Waals surface area contributed by atoms with Gasteiger partial charge in [0.15, 0.2) is 0 Å². The SMILES string of the molecule is CN/C=C(\C=N)c1ccc(N)c(C(=N)c2cc(N3CCOCC3)ncn2)c1. The molecule has 0 saturated carbocycles. The first kappa shape index (κ1) is 18.5. The van der Waals surface area contributed by atoms with Crippen molar-refractivity contribution in [3.63, 3.8) is 0 Å². The number of morpholine rings is 1. The molecule has 0 aliphatic carbocycles. The molecule has 0 amide bonds. The van der Waals surface area contributed by atoms with Gasteiger partial charge in [0.2, 0.25) is 0 Å². The molecule has 1 aliphatic heterocycles. The average molecular weight is 365 g/mol. The summed E-state index contributed by atoms with van der Waals surface area (Å²) in [5.41, 5.74) is 9.41. The van der Waals surface area contributed by atoms with Crippen LogP contribution >= 0.6 is 0 Å². The number of allylic oxidation sites excluding steroid dienone is 1. The van der Waals surface area contributed by atoms with Gasteiger partial charge in [0.1, 0.15) is 12.1 Å². The van der Waals surface area contributed by atoms with Crippen molar-refractivity contribution in [3.05, 3.63) is 53.6 Å². The fourth-order valence-corrected chi connectivity index (χ4v) is 2.90. The van der Waals surface area contributed by atoms with Gasteiger partial charge in [-0.05, 0) is 17.7 Å². The molecule has 2 heterocycles. The summed E-state index contributed by atoms with van der Waals surface area (Å²) in [6.45, 7) is 2.85. The van der Waals surface area contributed by atoms with Crippen molar-refractivity contribution in [1.29, 1.82) is 10.8 Å². The summed E-state index contributed by atoms with van der Waals surface area (Å²) in [7, 11) is 1.78. The molecule has 2 aromatic rings. The normalized spacial score (nSPS) is 14.7. The summed E-state index contributed by atoms with van der Waals surface area (Å²) >= 11 is 0. The monoisotopic (exact) mass is 365 g/mol. The molecule has 1 aromatic heterocycles. The third-order valence-corrected chi connectivity index (χ3v) is 4.36. The van der Waals surface area contributed by atoms with Crippen LogP contribution in [0.5, 0.6) is 0 Å². The van der Waals surface area contributed by atoms with Crippen LogP contribution in [-0.4, -0.2) is 55.2 Å². The van der Waals surface area contributed by atoms with E-state index in [1.807, 2.05) is 12.1 Å². The highest BCUT2D eigenvalue weighted by atomic mass is 16.5. The van der Waals surface area contributed by atoms with Crippen LogP contribution in [0.15, 0.2) is 36.8 Å². The smallest absolute Gasteiger partial charge is 0.132 e. The number of nitrogens with one attached hydrogen (secondary N) is 3. The van der Waals surface area contributed by atoms with Crippen LogP contribution in [0.1, 0.15) is 16.8 Å². The Balaban J connectivity index is 1.93. The standard InChI is InChI=1S/C19H23N7O/c1-23-11-14(10-20)13-2-3-16(21)15(8-13)19(22)17-9-18(25-12-24-17)26-4-6-27-7-5-26/h2-3,8-12,20,22-23H,4-7,21H2,1H3/b14-11+,20-10?,22-19?. The summed E-state index contributed by atoms with van der Waals surface area (Å²) in [4.78, 5) is 10.7. The van der Waals surface area contributed by atoms with Gasteiger partial charge in [-0.3, -0.25) is 5.41 Å². The van der Waals surface area contributed by atoms with E-state index < -0.39 is 0 Å². The maximum absolute atomic E-state index is 8.61. The largest absolute Gasteiger partial charge is 0.398 e. The molecule has 1 aliphatic rings. The van der Waals surface area contributed by atoms with Crippen molar-refractivity contribution in [2.45, 2.75) is 0 Å². The second-order valence-corrected chi connectivity index (χ2v) is 6.07. The van der Waals surface area contributed by atoms with Crippen LogP contribution in [0.3, 0.4) is 0 Å². The van der Waals surface area contributed by atoms with Crippen molar-refractivity contribution in [3.8, 4) is 0 Å². The van der Waals surface area contributed by atoms with E-state index in [0.717, 1.165) is 24.5 Å². The van der Waals surface area contributed by atoms with E-state index in [4.69, 9.17) is 21.3 Å². The van der Waals surface area contributed by atoms with Gasteiger partial charge < -0.3 is 26.1 Å². The molecule has 1 saturated heterocycles. The van der Waals surface area contributed by atoms with E-state index in [1.165, 1.54) is 12.5 Å².